The molecule has 3 rings (SSSR count). The number of furan rings is 1. The van der Waals surface area contributed by atoms with E-state index in [0.29, 0.717) is 15.7 Å². The van der Waals surface area contributed by atoms with E-state index in [1.807, 2.05) is 19.9 Å². The third-order valence-electron chi connectivity index (χ3n) is 3.31. The van der Waals surface area contributed by atoms with Gasteiger partial charge in [0.1, 0.15) is 11.5 Å². The average Bonchev–Trinajstić information content (AvgIpc) is 3.00. The maximum atomic E-state index is 6.12. The molecule has 0 fully saturated rings. The van der Waals surface area contributed by atoms with Gasteiger partial charge in [-0.15, -0.1) is 0 Å². The van der Waals surface area contributed by atoms with Crippen molar-refractivity contribution in [2.75, 3.05) is 5.73 Å². The van der Waals surface area contributed by atoms with Crippen LogP contribution in [0.15, 0.2) is 40.0 Å². The highest BCUT2D eigenvalue weighted by Crippen LogP contribution is 2.26. The van der Waals surface area contributed by atoms with Crippen LogP contribution in [0.25, 0.3) is 11.3 Å². The predicted octanol–water partition coefficient (Wildman–Crippen LogP) is 4.53. The summed E-state index contributed by atoms with van der Waals surface area (Å²) < 4.78 is 7.00. The lowest BCUT2D eigenvalue weighted by Gasteiger charge is -1.99. The highest BCUT2D eigenvalue weighted by molar-refractivity contribution is 6.36. The van der Waals surface area contributed by atoms with Gasteiger partial charge in [0.25, 0.3) is 0 Å². The lowest BCUT2D eigenvalue weighted by Crippen LogP contribution is -1.97. The van der Waals surface area contributed by atoms with E-state index in [0.717, 1.165) is 22.6 Å². The zero-order chi connectivity index (χ0) is 16.6. The molecule has 0 bridgehead atoms. The summed E-state index contributed by atoms with van der Waals surface area (Å²) in [5.74, 6) is 1.89. The standard InChI is InChI=1S/C16H14Cl2N4O/c1-9-5-13(10(2)23-9)15-8-22(16(19)21-15)20-7-11-3-4-12(17)6-14(11)18/h3-8H,1-2H3,(H2,19,21). The summed E-state index contributed by atoms with van der Waals surface area (Å²) in [7, 11) is 0. The summed E-state index contributed by atoms with van der Waals surface area (Å²) in [4.78, 5) is 4.32. The number of aryl methyl sites for hydroxylation is 2. The Balaban J connectivity index is 1.92. The Morgan fingerprint density at radius 1 is 1.26 bits per heavy atom. The lowest BCUT2D eigenvalue weighted by atomic mass is 10.2. The van der Waals surface area contributed by atoms with Gasteiger partial charge in [-0.1, -0.05) is 29.3 Å². The zero-order valence-electron chi connectivity index (χ0n) is 12.5. The van der Waals surface area contributed by atoms with Crippen LogP contribution >= 0.6 is 23.2 Å². The van der Waals surface area contributed by atoms with Crippen LogP contribution in [0, 0.1) is 13.8 Å². The summed E-state index contributed by atoms with van der Waals surface area (Å²) >= 11 is 12.0. The van der Waals surface area contributed by atoms with E-state index in [4.69, 9.17) is 33.4 Å². The topological polar surface area (TPSA) is 69.3 Å². The molecule has 0 amide bonds. The molecule has 0 saturated heterocycles. The molecular formula is C16H14Cl2N4O. The first-order chi connectivity index (χ1) is 10.9. The zero-order valence-corrected chi connectivity index (χ0v) is 14.1. The smallest absolute Gasteiger partial charge is 0.221 e. The fraction of sp³-hybridized carbons (Fsp3) is 0.125. The second kappa shape index (κ2) is 6.10. The van der Waals surface area contributed by atoms with Gasteiger partial charge in [0.15, 0.2) is 0 Å². The number of rotatable bonds is 3. The Morgan fingerprint density at radius 2 is 2.04 bits per heavy atom. The molecular weight excluding hydrogens is 335 g/mol. The van der Waals surface area contributed by atoms with Crippen LogP contribution in [-0.2, 0) is 0 Å². The molecule has 7 heteroatoms. The van der Waals surface area contributed by atoms with E-state index in [-0.39, 0.29) is 5.95 Å². The van der Waals surface area contributed by atoms with Crippen molar-refractivity contribution in [3.8, 4) is 11.3 Å². The van der Waals surface area contributed by atoms with E-state index in [1.165, 1.54) is 4.68 Å². The lowest BCUT2D eigenvalue weighted by molar-refractivity contribution is 0.505. The summed E-state index contributed by atoms with van der Waals surface area (Å²) in [6, 6.07) is 7.10. The molecule has 0 unspecified atom stereocenters. The molecule has 0 aliphatic rings. The van der Waals surface area contributed by atoms with Gasteiger partial charge >= 0.3 is 0 Å². The van der Waals surface area contributed by atoms with E-state index in [2.05, 4.69) is 10.1 Å². The maximum absolute atomic E-state index is 6.12. The third-order valence-corrected chi connectivity index (χ3v) is 3.88. The molecule has 3 aromatic rings. The summed E-state index contributed by atoms with van der Waals surface area (Å²) in [5, 5.41) is 5.38. The van der Waals surface area contributed by atoms with Gasteiger partial charge < -0.3 is 10.2 Å². The molecule has 0 atom stereocenters. The summed E-state index contributed by atoms with van der Waals surface area (Å²) in [6.07, 6.45) is 3.35. The van der Waals surface area contributed by atoms with Crippen molar-refractivity contribution >= 4 is 35.4 Å². The Bertz CT molecular complexity index is 896. The number of aromatic nitrogens is 2. The van der Waals surface area contributed by atoms with Gasteiger partial charge in [0.05, 0.1) is 23.1 Å². The first kappa shape index (κ1) is 15.6. The number of nitrogen functional groups attached to an aromatic ring is 1. The molecule has 5 nitrogen and oxygen atoms in total. The molecule has 1 aromatic carbocycles. The molecule has 23 heavy (non-hydrogen) atoms. The second-order valence-electron chi connectivity index (χ2n) is 5.07. The molecule has 2 N–H and O–H groups in total. The van der Waals surface area contributed by atoms with Crippen LogP contribution in [0.2, 0.25) is 10.0 Å². The van der Waals surface area contributed by atoms with E-state index in [9.17, 15) is 0 Å². The van der Waals surface area contributed by atoms with Crippen molar-refractivity contribution in [3.05, 3.63) is 57.6 Å². The Morgan fingerprint density at radius 3 is 2.70 bits per heavy atom. The minimum absolute atomic E-state index is 0.277. The van der Waals surface area contributed by atoms with Crippen molar-refractivity contribution < 1.29 is 4.42 Å². The van der Waals surface area contributed by atoms with Crippen LogP contribution < -0.4 is 5.73 Å². The van der Waals surface area contributed by atoms with Gasteiger partial charge in [-0.25, -0.2) is 9.66 Å². The van der Waals surface area contributed by atoms with Gasteiger partial charge in [-0.2, -0.15) is 5.10 Å². The largest absolute Gasteiger partial charge is 0.466 e. The molecule has 0 radical (unpaired) electrons. The Labute approximate surface area is 143 Å². The molecule has 2 heterocycles. The molecule has 0 spiro atoms. The quantitative estimate of drug-likeness (QED) is 0.706. The van der Waals surface area contributed by atoms with Gasteiger partial charge in [-0.3, -0.25) is 0 Å². The van der Waals surface area contributed by atoms with E-state index in [1.54, 1.807) is 30.6 Å². The first-order valence-corrected chi connectivity index (χ1v) is 7.61. The van der Waals surface area contributed by atoms with Crippen LogP contribution in [0.3, 0.4) is 0 Å². The SMILES string of the molecule is Cc1cc(-c2cn(N=Cc3ccc(Cl)cc3Cl)c(N)n2)c(C)o1. The Kier molecular flexibility index (Phi) is 4.15. The first-order valence-electron chi connectivity index (χ1n) is 6.85. The van der Waals surface area contributed by atoms with Crippen molar-refractivity contribution in [2.45, 2.75) is 13.8 Å². The number of nitrogens with two attached hydrogens (primary N) is 1. The number of benzene rings is 1. The highest BCUT2D eigenvalue weighted by atomic mass is 35.5. The fourth-order valence-corrected chi connectivity index (χ4v) is 2.68. The minimum atomic E-state index is 0.277. The molecule has 0 saturated carbocycles. The van der Waals surface area contributed by atoms with Crippen molar-refractivity contribution in [1.82, 2.24) is 9.66 Å². The van der Waals surface area contributed by atoms with Crippen molar-refractivity contribution in [2.24, 2.45) is 5.10 Å². The number of anilines is 1. The number of imidazole rings is 1. The number of nitrogens with zero attached hydrogens (tertiary/aromatic N) is 3. The van der Waals surface area contributed by atoms with Crippen molar-refractivity contribution in [3.63, 3.8) is 0 Å². The molecule has 0 aliphatic heterocycles. The van der Waals surface area contributed by atoms with Crippen LogP contribution in [0.5, 0.6) is 0 Å². The predicted molar refractivity (Wildman–Crippen MR) is 93.3 cm³/mol. The monoisotopic (exact) mass is 348 g/mol. The third kappa shape index (κ3) is 3.25. The number of halogens is 2. The summed E-state index contributed by atoms with van der Waals surface area (Å²) in [6.45, 7) is 3.77. The highest BCUT2D eigenvalue weighted by Gasteiger charge is 2.12. The number of hydrogen-bond donors (Lipinski definition) is 1. The van der Waals surface area contributed by atoms with E-state index >= 15 is 0 Å². The second-order valence-corrected chi connectivity index (χ2v) is 5.91. The van der Waals surface area contributed by atoms with Gasteiger partial charge in [-0.05, 0) is 32.0 Å². The average molecular weight is 349 g/mol. The Hall–Kier alpha value is -2.24. The maximum Gasteiger partial charge on any atom is 0.221 e. The molecule has 118 valence electrons. The van der Waals surface area contributed by atoms with Crippen LogP contribution in [0.1, 0.15) is 17.1 Å². The fourth-order valence-electron chi connectivity index (χ4n) is 2.22. The van der Waals surface area contributed by atoms with Gasteiger partial charge in [0, 0.05) is 16.1 Å². The number of hydrogen-bond acceptors (Lipinski definition) is 4. The normalized spacial score (nSPS) is 11.5. The van der Waals surface area contributed by atoms with Crippen molar-refractivity contribution in [1.29, 1.82) is 0 Å². The van der Waals surface area contributed by atoms with Crippen LogP contribution in [0.4, 0.5) is 5.95 Å². The van der Waals surface area contributed by atoms with Crippen LogP contribution in [-0.4, -0.2) is 15.9 Å². The van der Waals surface area contributed by atoms with E-state index < -0.39 is 0 Å². The van der Waals surface area contributed by atoms with Gasteiger partial charge in [0.2, 0.25) is 5.95 Å². The summed E-state index contributed by atoms with van der Waals surface area (Å²) in [5.41, 5.74) is 8.25. The molecule has 2 aromatic heterocycles. The minimum Gasteiger partial charge on any atom is -0.466 e. The molecule has 0 aliphatic carbocycles.